The van der Waals surface area contributed by atoms with Gasteiger partial charge in [-0.25, -0.2) is 9.67 Å². The van der Waals surface area contributed by atoms with Gasteiger partial charge in [-0.3, -0.25) is 4.79 Å². The number of aliphatic carboxylic acids is 1. The number of hydrogen-bond donors (Lipinski definition) is 2. The molecule has 11 heteroatoms. The summed E-state index contributed by atoms with van der Waals surface area (Å²) in [5.74, 6) is -0.244. The molecule has 1 spiro atoms. The number of nitrogens with one attached hydrogen (secondary N) is 1. The van der Waals surface area contributed by atoms with Crippen molar-refractivity contribution in [2.45, 2.75) is 44.5 Å². The molecule has 0 aliphatic carbocycles. The van der Waals surface area contributed by atoms with Crippen LogP contribution in [0.4, 0.5) is 19.0 Å². The average molecular weight is 516 g/mol. The molecule has 2 saturated heterocycles. The maximum atomic E-state index is 14.3. The highest BCUT2D eigenvalue weighted by Crippen LogP contribution is 2.42. The number of benzene rings is 1. The van der Waals surface area contributed by atoms with Crippen molar-refractivity contribution in [3.8, 4) is 11.4 Å². The van der Waals surface area contributed by atoms with E-state index >= 15 is 0 Å². The number of alkyl halides is 3. The van der Waals surface area contributed by atoms with Gasteiger partial charge in [-0.2, -0.15) is 18.3 Å². The topological polar surface area (TPSA) is 92.5 Å². The van der Waals surface area contributed by atoms with Gasteiger partial charge in [-0.05, 0) is 49.8 Å². The van der Waals surface area contributed by atoms with Crippen LogP contribution in [0, 0.1) is 12.3 Å². The van der Waals surface area contributed by atoms with E-state index in [9.17, 15) is 23.1 Å². The minimum absolute atomic E-state index is 0.0434. The van der Waals surface area contributed by atoms with Gasteiger partial charge in [0, 0.05) is 43.7 Å². The van der Waals surface area contributed by atoms with Gasteiger partial charge in [0.15, 0.2) is 0 Å². The van der Waals surface area contributed by atoms with Crippen LogP contribution in [0.1, 0.15) is 36.6 Å². The Morgan fingerprint density at radius 1 is 1.22 bits per heavy atom. The number of pyridine rings is 1. The van der Waals surface area contributed by atoms with E-state index in [2.05, 4.69) is 15.4 Å². The Labute approximate surface area is 212 Å². The zero-order valence-electron chi connectivity index (χ0n) is 20.3. The summed E-state index contributed by atoms with van der Waals surface area (Å²) in [5.41, 5.74) is 0.855. The van der Waals surface area contributed by atoms with Crippen LogP contribution in [-0.2, 0) is 4.79 Å². The fourth-order valence-corrected chi connectivity index (χ4v) is 5.24. The molecular weight excluding hydrogens is 487 g/mol. The number of carbonyl (C=O) groups is 1. The molecule has 8 nitrogen and oxygen atoms in total. The Bertz CT molecular complexity index is 1270. The SMILES string of the molecule is Cc1ccn(-c2ccccc2C(Oc2ccnc(N3CCC4(CC3)CNC(C(=O)O)C4)c2)C(F)(F)F)n1. The first-order valence-corrected chi connectivity index (χ1v) is 12.2. The van der Waals surface area contributed by atoms with Crippen LogP contribution in [0.15, 0.2) is 54.9 Å². The first-order chi connectivity index (χ1) is 17.6. The number of rotatable bonds is 6. The molecule has 0 saturated carbocycles. The molecule has 3 aromatic rings. The van der Waals surface area contributed by atoms with Crippen LogP contribution in [-0.4, -0.2) is 57.7 Å². The molecule has 2 fully saturated rings. The lowest BCUT2D eigenvalue weighted by Crippen LogP contribution is -2.41. The lowest BCUT2D eigenvalue weighted by molar-refractivity contribution is -0.198. The Hall–Kier alpha value is -3.60. The molecule has 2 aromatic heterocycles. The summed E-state index contributed by atoms with van der Waals surface area (Å²) < 4.78 is 49.8. The van der Waals surface area contributed by atoms with Gasteiger partial charge >= 0.3 is 12.1 Å². The normalized spacial score (nSPS) is 20.2. The number of nitrogens with zero attached hydrogens (tertiary/aromatic N) is 4. The van der Waals surface area contributed by atoms with E-state index in [0.717, 1.165) is 12.8 Å². The lowest BCUT2D eigenvalue weighted by Gasteiger charge is -2.39. The van der Waals surface area contributed by atoms with Crippen LogP contribution >= 0.6 is 0 Å². The fourth-order valence-electron chi connectivity index (χ4n) is 5.24. The number of hydrogen-bond acceptors (Lipinski definition) is 6. The summed E-state index contributed by atoms with van der Waals surface area (Å²) in [6.45, 7) is 3.69. The van der Waals surface area contributed by atoms with E-state index < -0.39 is 24.3 Å². The minimum Gasteiger partial charge on any atom is -0.480 e. The molecular formula is C26H28F3N5O3. The summed E-state index contributed by atoms with van der Waals surface area (Å²) in [6, 6.07) is 10.3. The smallest absolute Gasteiger partial charge is 0.429 e. The second-order valence-electron chi connectivity index (χ2n) is 9.81. The Kier molecular flexibility index (Phi) is 6.57. The quantitative estimate of drug-likeness (QED) is 0.506. The molecule has 4 heterocycles. The summed E-state index contributed by atoms with van der Waals surface area (Å²) >= 11 is 0. The molecule has 37 heavy (non-hydrogen) atoms. The standard InChI is InChI=1S/C26H28F3N5O3/c1-17-7-11-34(32-17)21-5-3-2-4-19(21)23(26(27,28)29)37-18-6-10-30-22(14-18)33-12-8-25(9-13-33)15-20(24(35)36)31-16-25/h2-7,10-11,14,20,23,31H,8-9,12-13,15-16H2,1H3,(H,35,36). The van der Waals surface area contributed by atoms with Crippen molar-refractivity contribution in [3.05, 3.63) is 66.1 Å². The van der Waals surface area contributed by atoms with Crippen molar-refractivity contribution in [3.63, 3.8) is 0 Å². The van der Waals surface area contributed by atoms with E-state index in [1.165, 1.54) is 29.1 Å². The van der Waals surface area contributed by atoms with Crippen LogP contribution in [0.5, 0.6) is 5.75 Å². The van der Waals surface area contributed by atoms with Crippen LogP contribution in [0.3, 0.4) is 0 Å². The number of piperidine rings is 1. The van der Waals surface area contributed by atoms with E-state index in [0.29, 0.717) is 43.3 Å². The average Bonchev–Trinajstić information content (AvgIpc) is 3.49. The second kappa shape index (κ2) is 9.70. The van der Waals surface area contributed by atoms with E-state index in [1.54, 1.807) is 37.4 Å². The minimum atomic E-state index is -4.67. The maximum absolute atomic E-state index is 14.3. The third-order valence-corrected chi connectivity index (χ3v) is 7.26. The van der Waals surface area contributed by atoms with E-state index in [1.807, 2.05) is 4.90 Å². The van der Waals surface area contributed by atoms with Crippen molar-refractivity contribution in [2.24, 2.45) is 5.41 Å². The van der Waals surface area contributed by atoms with Crippen LogP contribution < -0.4 is 15.0 Å². The lowest BCUT2D eigenvalue weighted by atomic mass is 9.76. The summed E-state index contributed by atoms with van der Waals surface area (Å²) in [5, 5.41) is 16.7. The monoisotopic (exact) mass is 515 g/mol. The first-order valence-electron chi connectivity index (χ1n) is 12.2. The number of anilines is 1. The number of para-hydroxylation sites is 1. The van der Waals surface area contributed by atoms with E-state index in [4.69, 9.17) is 4.74 Å². The van der Waals surface area contributed by atoms with Gasteiger partial charge < -0.3 is 20.1 Å². The zero-order chi connectivity index (χ0) is 26.2. The third-order valence-electron chi connectivity index (χ3n) is 7.26. The molecule has 2 unspecified atom stereocenters. The van der Waals surface area contributed by atoms with Crippen molar-refractivity contribution in [1.82, 2.24) is 20.1 Å². The number of ether oxygens (including phenoxy) is 1. The number of aromatic nitrogens is 3. The second-order valence-corrected chi connectivity index (χ2v) is 9.81. The van der Waals surface area contributed by atoms with Crippen molar-refractivity contribution in [2.75, 3.05) is 24.5 Å². The summed E-state index contributed by atoms with van der Waals surface area (Å²) in [7, 11) is 0. The number of halogens is 3. The first kappa shape index (κ1) is 25.1. The molecule has 5 rings (SSSR count). The van der Waals surface area contributed by atoms with Gasteiger partial charge in [0.2, 0.25) is 6.10 Å². The fraction of sp³-hybridized carbons (Fsp3) is 0.423. The molecule has 0 bridgehead atoms. The maximum Gasteiger partial charge on any atom is 0.429 e. The van der Waals surface area contributed by atoms with Crippen molar-refractivity contribution >= 4 is 11.8 Å². The van der Waals surface area contributed by atoms with Crippen molar-refractivity contribution < 1.29 is 27.8 Å². The highest BCUT2D eigenvalue weighted by atomic mass is 19.4. The molecule has 2 aliphatic heterocycles. The molecule has 0 amide bonds. The number of carboxylic acids is 1. The predicted octanol–water partition coefficient (Wildman–Crippen LogP) is 4.29. The van der Waals surface area contributed by atoms with Gasteiger partial charge in [0.05, 0.1) is 11.4 Å². The van der Waals surface area contributed by atoms with Gasteiger partial charge in [-0.1, -0.05) is 18.2 Å². The largest absolute Gasteiger partial charge is 0.480 e. The highest BCUT2D eigenvalue weighted by Gasteiger charge is 2.45. The van der Waals surface area contributed by atoms with Crippen molar-refractivity contribution in [1.29, 1.82) is 0 Å². The van der Waals surface area contributed by atoms with Gasteiger partial charge in [-0.15, -0.1) is 0 Å². The molecule has 196 valence electrons. The van der Waals surface area contributed by atoms with Gasteiger partial charge in [0.25, 0.3) is 0 Å². The molecule has 1 aromatic carbocycles. The number of aryl methyl sites for hydroxylation is 1. The Morgan fingerprint density at radius 2 is 1.97 bits per heavy atom. The highest BCUT2D eigenvalue weighted by molar-refractivity contribution is 5.74. The van der Waals surface area contributed by atoms with Crippen LogP contribution in [0.2, 0.25) is 0 Å². The molecule has 2 atom stereocenters. The predicted molar refractivity (Wildman–Crippen MR) is 130 cm³/mol. The third kappa shape index (κ3) is 5.27. The summed E-state index contributed by atoms with van der Waals surface area (Å²) in [4.78, 5) is 17.7. The van der Waals surface area contributed by atoms with Gasteiger partial charge in [0.1, 0.15) is 17.6 Å². The summed E-state index contributed by atoms with van der Waals surface area (Å²) in [6.07, 6.45) is -1.68. The molecule has 0 radical (unpaired) electrons. The molecule has 2 N–H and O–H groups in total. The Balaban J connectivity index is 1.35. The van der Waals surface area contributed by atoms with Crippen LogP contribution in [0.25, 0.3) is 5.69 Å². The number of carboxylic acid groups (broad SMARTS) is 1. The Morgan fingerprint density at radius 3 is 2.62 bits per heavy atom. The van der Waals surface area contributed by atoms with E-state index in [-0.39, 0.29) is 16.7 Å². The molecule has 2 aliphatic rings. The zero-order valence-corrected chi connectivity index (χ0v) is 20.3.